The van der Waals surface area contributed by atoms with E-state index in [1.54, 1.807) is 35.8 Å². The number of aryl methyl sites for hydroxylation is 1. The Balaban J connectivity index is 1.84. The van der Waals surface area contributed by atoms with Crippen LogP contribution >= 0.6 is 23.2 Å². The van der Waals surface area contributed by atoms with E-state index in [-0.39, 0.29) is 16.5 Å². The first kappa shape index (κ1) is 23.4. The van der Waals surface area contributed by atoms with Crippen LogP contribution in [0.5, 0.6) is 5.75 Å². The van der Waals surface area contributed by atoms with Crippen LogP contribution in [0.25, 0.3) is 5.69 Å². The molecule has 12 heteroatoms. The van der Waals surface area contributed by atoms with Crippen molar-refractivity contribution >= 4 is 34.8 Å². The number of hydrogen-bond acceptors (Lipinski definition) is 4. The van der Waals surface area contributed by atoms with E-state index in [1.807, 2.05) is 0 Å². The minimum atomic E-state index is -5.02. The lowest BCUT2D eigenvalue weighted by molar-refractivity contribution is -0.123. The maximum Gasteiger partial charge on any atom is 0.435 e. The lowest BCUT2D eigenvalue weighted by Gasteiger charge is -2.10. The van der Waals surface area contributed by atoms with E-state index < -0.39 is 35.5 Å². The Kier molecular flexibility index (Phi) is 6.95. The van der Waals surface area contributed by atoms with Crippen LogP contribution in [0.15, 0.2) is 58.4 Å². The van der Waals surface area contributed by atoms with Gasteiger partial charge in [-0.05, 0) is 37.3 Å². The number of aromatic amines is 1. The van der Waals surface area contributed by atoms with Crippen molar-refractivity contribution in [2.45, 2.75) is 13.1 Å². The van der Waals surface area contributed by atoms with Gasteiger partial charge in [-0.15, -0.1) is 0 Å². The molecule has 0 aliphatic rings. The molecule has 168 valence electrons. The van der Waals surface area contributed by atoms with E-state index in [0.29, 0.717) is 10.7 Å². The second-order valence-corrected chi connectivity index (χ2v) is 7.29. The molecule has 0 aliphatic heterocycles. The number of halogens is 5. The molecule has 7 nitrogen and oxygen atoms in total. The molecule has 0 radical (unpaired) electrons. The van der Waals surface area contributed by atoms with Gasteiger partial charge in [-0.2, -0.15) is 18.3 Å². The van der Waals surface area contributed by atoms with Crippen molar-refractivity contribution < 1.29 is 22.7 Å². The molecule has 3 rings (SSSR count). The van der Waals surface area contributed by atoms with Gasteiger partial charge in [-0.1, -0.05) is 41.4 Å². The van der Waals surface area contributed by atoms with Crippen LogP contribution in [-0.4, -0.2) is 34.2 Å². The molecule has 0 aliphatic carbocycles. The number of carbonyl (C=O) groups is 1. The molecule has 1 aromatic heterocycles. The van der Waals surface area contributed by atoms with E-state index in [4.69, 9.17) is 27.9 Å². The Morgan fingerprint density at radius 3 is 2.50 bits per heavy atom. The number of benzene rings is 2. The zero-order chi connectivity index (χ0) is 23.5. The Morgan fingerprint density at radius 1 is 1.19 bits per heavy atom. The largest absolute Gasteiger partial charge is 0.482 e. The number of rotatable bonds is 6. The zero-order valence-corrected chi connectivity index (χ0v) is 17.8. The van der Waals surface area contributed by atoms with Crippen LogP contribution in [-0.2, 0) is 4.79 Å². The smallest absolute Gasteiger partial charge is 0.435 e. The second-order valence-electron chi connectivity index (χ2n) is 6.44. The normalized spacial score (nSPS) is 12.0. The molecule has 0 bridgehead atoms. The molecule has 32 heavy (non-hydrogen) atoms. The summed E-state index contributed by atoms with van der Waals surface area (Å²) in [6.07, 6.45) is -5.02. The summed E-state index contributed by atoms with van der Waals surface area (Å²) in [4.78, 5) is 24.7. The van der Waals surface area contributed by atoms with Gasteiger partial charge >= 0.3 is 6.18 Å². The van der Waals surface area contributed by atoms with Gasteiger partial charge < -0.3 is 4.74 Å². The minimum absolute atomic E-state index is 0.0756. The maximum atomic E-state index is 13.7. The van der Waals surface area contributed by atoms with Crippen LogP contribution in [0.3, 0.4) is 0 Å². The van der Waals surface area contributed by atoms with Crippen molar-refractivity contribution in [3.8, 4) is 11.4 Å². The van der Waals surface area contributed by atoms with E-state index in [2.05, 4.69) is 10.2 Å². The second kappa shape index (κ2) is 9.49. The number of H-pyrrole nitrogens is 1. The molecule has 2 aromatic carbocycles. The van der Waals surface area contributed by atoms with E-state index in [0.717, 1.165) is 4.68 Å². The predicted molar refractivity (Wildman–Crippen MR) is 114 cm³/mol. The summed E-state index contributed by atoms with van der Waals surface area (Å²) >= 11 is 11.7. The fraction of sp³-hybridized carbons (Fsp3) is 0.150. The number of para-hydroxylation sites is 1. The third-order valence-corrected chi connectivity index (χ3v) is 4.67. The number of carbonyl (C=O) groups excluding carboxylic acids is 1. The van der Waals surface area contributed by atoms with Gasteiger partial charge in [-0.3, -0.25) is 14.7 Å². The van der Waals surface area contributed by atoms with Gasteiger partial charge in [0.15, 0.2) is 12.3 Å². The summed E-state index contributed by atoms with van der Waals surface area (Å²) < 4.78 is 47.1. The highest BCUT2D eigenvalue weighted by Gasteiger charge is 2.41. The lowest BCUT2D eigenvalue weighted by Crippen LogP contribution is -2.34. The molecule has 1 heterocycles. The quantitative estimate of drug-likeness (QED) is 0.403. The predicted octanol–water partition coefficient (Wildman–Crippen LogP) is 4.24. The SMILES string of the molecule is Cc1[nH]n(-c2ccccc2)c(=O)c1/C(=N/NC(=O)COc1ccc(Cl)cc1Cl)C(F)(F)F. The van der Waals surface area contributed by atoms with Gasteiger partial charge in [0.05, 0.1) is 16.3 Å². The highest BCUT2D eigenvalue weighted by Crippen LogP contribution is 2.27. The number of aromatic nitrogens is 2. The molecule has 2 N–H and O–H groups in total. The van der Waals surface area contributed by atoms with E-state index in [9.17, 15) is 22.8 Å². The highest BCUT2D eigenvalue weighted by molar-refractivity contribution is 6.35. The summed E-state index contributed by atoms with van der Waals surface area (Å²) in [6, 6.07) is 12.3. The van der Waals surface area contributed by atoms with Gasteiger partial charge in [0.25, 0.3) is 11.5 Å². The third-order valence-electron chi connectivity index (χ3n) is 4.14. The topological polar surface area (TPSA) is 88.5 Å². The number of alkyl halides is 3. The zero-order valence-electron chi connectivity index (χ0n) is 16.3. The lowest BCUT2D eigenvalue weighted by atomic mass is 10.1. The van der Waals surface area contributed by atoms with Crippen LogP contribution in [0.4, 0.5) is 13.2 Å². The van der Waals surface area contributed by atoms with Crippen LogP contribution < -0.4 is 15.7 Å². The fourth-order valence-electron chi connectivity index (χ4n) is 2.73. The van der Waals surface area contributed by atoms with Gasteiger partial charge in [0.2, 0.25) is 0 Å². The first-order chi connectivity index (χ1) is 15.1. The van der Waals surface area contributed by atoms with Gasteiger partial charge in [0.1, 0.15) is 5.75 Å². The number of nitrogens with zero attached hydrogens (tertiary/aromatic N) is 2. The Bertz CT molecular complexity index is 1220. The number of ether oxygens (including phenoxy) is 1. The summed E-state index contributed by atoms with van der Waals surface area (Å²) in [6.45, 7) is 0.626. The Labute approximate surface area is 189 Å². The molecule has 0 unspecified atom stereocenters. The molecule has 0 saturated carbocycles. The van der Waals surface area contributed by atoms with Crippen molar-refractivity contribution in [3.63, 3.8) is 0 Å². The molecule has 0 saturated heterocycles. The molecule has 3 aromatic rings. The van der Waals surface area contributed by atoms with Crippen molar-refractivity contribution in [1.82, 2.24) is 15.2 Å². The van der Waals surface area contributed by atoms with Crippen molar-refractivity contribution in [2.75, 3.05) is 6.61 Å². The molecule has 1 amide bonds. The van der Waals surface area contributed by atoms with Crippen LogP contribution in [0.1, 0.15) is 11.3 Å². The number of hydrazone groups is 1. The average molecular weight is 487 g/mol. The van der Waals surface area contributed by atoms with Crippen molar-refractivity contribution in [2.24, 2.45) is 5.10 Å². The molecule has 0 spiro atoms. The van der Waals surface area contributed by atoms with Gasteiger partial charge in [-0.25, -0.2) is 10.1 Å². The summed E-state index contributed by atoms with van der Waals surface area (Å²) in [5.74, 6) is -0.882. The Hall–Kier alpha value is -3.24. The van der Waals surface area contributed by atoms with Crippen molar-refractivity contribution in [3.05, 3.63) is 80.2 Å². The first-order valence-electron chi connectivity index (χ1n) is 8.97. The third kappa shape index (κ3) is 5.32. The summed E-state index contributed by atoms with van der Waals surface area (Å²) in [5, 5.41) is 6.22. The fourth-order valence-corrected chi connectivity index (χ4v) is 3.19. The molecular weight excluding hydrogens is 472 g/mol. The molecular formula is C20H15Cl2F3N4O3. The van der Waals surface area contributed by atoms with Crippen molar-refractivity contribution in [1.29, 1.82) is 0 Å². The van der Waals surface area contributed by atoms with E-state index in [1.165, 1.54) is 25.1 Å². The van der Waals surface area contributed by atoms with Crippen LogP contribution in [0, 0.1) is 6.92 Å². The Morgan fingerprint density at radius 2 is 1.88 bits per heavy atom. The average Bonchev–Trinajstić information content (AvgIpc) is 3.01. The highest BCUT2D eigenvalue weighted by atomic mass is 35.5. The maximum absolute atomic E-state index is 13.7. The summed E-state index contributed by atoms with van der Waals surface area (Å²) in [5.41, 5.74) is -1.21. The van der Waals surface area contributed by atoms with E-state index >= 15 is 0 Å². The minimum Gasteiger partial charge on any atom is -0.482 e. The molecule has 0 fully saturated rings. The first-order valence-corrected chi connectivity index (χ1v) is 9.72. The van der Waals surface area contributed by atoms with Gasteiger partial charge in [0, 0.05) is 10.7 Å². The number of nitrogens with one attached hydrogen (secondary N) is 2. The standard InChI is InChI=1S/C20H15Cl2F3N4O3/c1-11-17(19(31)29(28-11)13-5-3-2-4-6-13)18(20(23,24)25)27-26-16(30)10-32-15-8-7-12(21)9-14(15)22/h2-9,28H,10H2,1H3,(H,26,30)/b27-18-. The monoisotopic (exact) mass is 486 g/mol. The summed E-state index contributed by atoms with van der Waals surface area (Å²) in [7, 11) is 0. The number of amides is 1. The molecule has 0 atom stereocenters. The van der Waals surface area contributed by atoms with Crippen LogP contribution in [0.2, 0.25) is 10.0 Å². The number of hydrogen-bond donors (Lipinski definition) is 2.